The third kappa shape index (κ3) is 6.11. The van der Waals surface area contributed by atoms with E-state index in [0.29, 0.717) is 49.0 Å². The molecule has 1 saturated heterocycles. The van der Waals surface area contributed by atoms with Crippen molar-refractivity contribution >= 4 is 17.6 Å². The lowest BCUT2D eigenvalue weighted by molar-refractivity contribution is -0.143. The Morgan fingerprint density at radius 2 is 2.05 bits per heavy atom. The topological polar surface area (TPSA) is 123 Å². The van der Waals surface area contributed by atoms with Gasteiger partial charge in [0.1, 0.15) is 0 Å². The lowest BCUT2D eigenvalue weighted by Crippen LogP contribution is -2.45. The first-order valence-electron chi connectivity index (χ1n) is 14.2. The van der Waals surface area contributed by atoms with Gasteiger partial charge in [-0.1, -0.05) is 19.4 Å². The number of unbranched alkanes of at least 4 members (excludes halogenated alkanes) is 1. The molecule has 11 nitrogen and oxygen atoms in total. The molecule has 2 aromatic heterocycles. The second-order valence-electron chi connectivity index (χ2n) is 10.6. The summed E-state index contributed by atoms with van der Waals surface area (Å²) >= 11 is 0. The lowest BCUT2D eigenvalue weighted by atomic mass is 9.84. The fraction of sp³-hybridized carbons (Fsp3) is 0.419. The Bertz CT molecular complexity index is 1460. The summed E-state index contributed by atoms with van der Waals surface area (Å²) in [5, 5.41) is 10.6. The van der Waals surface area contributed by atoms with Gasteiger partial charge in [-0.15, -0.1) is 0 Å². The highest BCUT2D eigenvalue weighted by Gasteiger charge is 2.47. The molecular weight excluding hydrogens is 540 g/mol. The van der Waals surface area contributed by atoms with Crippen LogP contribution in [0, 0.1) is 5.92 Å². The van der Waals surface area contributed by atoms with E-state index < -0.39 is 23.8 Å². The molecule has 0 radical (unpaired) electrons. The van der Waals surface area contributed by atoms with Crippen LogP contribution in [0.1, 0.15) is 37.7 Å². The molecule has 0 spiro atoms. The van der Waals surface area contributed by atoms with E-state index in [1.807, 2.05) is 11.0 Å². The van der Waals surface area contributed by atoms with Gasteiger partial charge in [0, 0.05) is 50.1 Å². The first-order chi connectivity index (χ1) is 20.4. The monoisotopic (exact) mass is 576 g/mol. The molecule has 0 saturated carbocycles. The average molecular weight is 577 g/mol. The van der Waals surface area contributed by atoms with Crippen molar-refractivity contribution in [2.75, 3.05) is 38.4 Å². The molecule has 0 aliphatic carbocycles. The van der Waals surface area contributed by atoms with Crippen molar-refractivity contribution in [3.63, 3.8) is 0 Å². The third-order valence-corrected chi connectivity index (χ3v) is 8.04. The number of methoxy groups -OCH3 is 1. The van der Waals surface area contributed by atoms with Crippen LogP contribution in [0.2, 0.25) is 0 Å². The van der Waals surface area contributed by atoms with Crippen LogP contribution >= 0.6 is 0 Å². The summed E-state index contributed by atoms with van der Waals surface area (Å²) in [4.78, 5) is 47.1. The molecule has 1 N–H and O–H groups in total. The largest absolute Gasteiger partial charge is 0.493 e. The summed E-state index contributed by atoms with van der Waals surface area (Å²) in [6.45, 7) is 3.32. The average Bonchev–Trinajstić information content (AvgIpc) is 3.62. The maximum Gasteiger partial charge on any atom is 0.308 e. The predicted octanol–water partition coefficient (Wildman–Crippen LogP) is 3.37. The van der Waals surface area contributed by atoms with Crippen molar-refractivity contribution in [2.45, 2.75) is 44.7 Å². The Labute approximate surface area is 244 Å². The van der Waals surface area contributed by atoms with Crippen LogP contribution in [0.3, 0.4) is 0 Å². The number of carbonyl (C=O) groups excluding carboxylic acids is 1. The van der Waals surface area contributed by atoms with Gasteiger partial charge in [-0.25, -0.2) is 0 Å². The molecule has 222 valence electrons. The predicted molar refractivity (Wildman–Crippen MR) is 155 cm³/mol. The molecule has 0 bridgehead atoms. The number of likely N-dealkylation sites (tertiary alicyclic amines) is 1. The Morgan fingerprint density at radius 3 is 2.76 bits per heavy atom. The molecule has 0 unspecified atom stereocenters. The number of fused-ring (bicyclic) bond motifs is 1. The molecule has 2 aliphatic rings. The van der Waals surface area contributed by atoms with E-state index in [1.165, 1.54) is 13.2 Å². The molecule has 3 atom stereocenters. The van der Waals surface area contributed by atoms with Gasteiger partial charge >= 0.3 is 5.97 Å². The Kier molecular flexibility index (Phi) is 9.06. The number of benzene rings is 1. The molecule has 3 aromatic rings. The number of aryl methyl sites for hydroxylation is 1. The molecule has 2 aliphatic heterocycles. The number of carboxylic acid groups (broad SMARTS) is 1. The number of ether oxygens (including phenoxy) is 3. The number of aliphatic carboxylic acids is 1. The smallest absolute Gasteiger partial charge is 0.308 e. The highest BCUT2D eigenvalue weighted by molar-refractivity contribution is 5.94. The van der Waals surface area contributed by atoms with Gasteiger partial charge in [-0.05, 0) is 48.7 Å². The SMILES string of the molecule is CCCCN(C(=O)CN1C[C@H](c2cc(OC)c3c(c2)OCO3)[C@@H](C(=O)O)[C@@H]1CCn1ccccc1=O)c1cccnc1. The molecule has 11 heteroatoms. The Balaban J connectivity index is 1.48. The Morgan fingerprint density at radius 1 is 1.19 bits per heavy atom. The van der Waals surface area contributed by atoms with Crippen molar-refractivity contribution in [2.24, 2.45) is 5.92 Å². The highest BCUT2D eigenvalue weighted by Crippen LogP contribution is 2.47. The number of hydrogen-bond donors (Lipinski definition) is 1. The highest BCUT2D eigenvalue weighted by atomic mass is 16.7. The first-order valence-corrected chi connectivity index (χ1v) is 14.2. The maximum atomic E-state index is 13.9. The molecule has 1 fully saturated rings. The zero-order valence-electron chi connectivity index (χ0n) is 23.8. The number of rotatable bonds is 12. The number of anilines is 1. The molecule has 1 aromatic carbocycles. The summed E-state index contributed by atoms with van der Waals surface area (Å²) in [5.74, 6) is -0.950. The standard InChI is InChI=1S/C31H36N4O7/c1-3-4-13-35(22-8-7-11-32-17-22)28(37)19-34-18-23(21-15-25(40-2)30-26(16-21)41-20-42-30)29(31(38)39)24(34)10-14-33-12-6-5-9-27(33)36/h5-9,11-12,15-17,23-24,29H,3-4,10,13-14,18-20H2,1-2H3,(H,38,39)/t23-,24+,29-/m1/s1. The van der Waals surface area contributed by atoms with E-state index in [1.54, 1.807) is 58.4 Å². The van der Waals surface area contributed by atoms with Crippen LogP contribution in [-0.2, 0) is 16.1 Å². The van der Waals surface area contributed by atoms with Gasteiger partial charge in [0.25, 0.3) is 0 Å². The number of carboxylic acids is 1. The number of amides is 1. The summed E-state index contributed by atoms with van der Waals surface area (Å²) in [7, 11) is 1.53. The number of aromatic nitrogens is 2. The second kappa shape index (κ2) is 13.1. The number of carbonyl (C=O) groups is 2. The summed E-state index contributed by atoms with van der Waals surface area (Å²) in [6.07, 6.45) is 7.12. The molecular formula is C31H36N4O7. The summed E-state index contributed by atoms with van der Waals surface area (Å²) in [5.41, 5.74) is 1.27. The number of pyridine rings is 2. The van der Waals surface area contributed by atoms with Gasteiger partial charge in [0.05, 0.1) is 31.5 Å². The second-order valence-corrected chi connectivity index (χ2v) is 10.6. The van der Waals surface area contributed by atoms with Crippen LogP contribution in [-0.4, -0.2) is 71.0 Å². The minimum Gasteiger partial charge on any atom is -0.493 e. The minimum absolute atomic E-state index is 0.0227. The van der Waals surface area contributed by atoms with Crippen LogP contribution < -0.4 is 24.7 Å². The van der Waals surface area contributed by atoms with E-state index >= 15 is 0 Å². The summed E-state index contributed by atoms with van der Waals surface area (Å²) < 4.78 is 18.3. The van der Waals surface area contributed by atoms with Gasteiger partial charge in [-0.3, -0.25) is 24.3 Å². The number of nitrogens with zero attached hydrogens (tertiary/aromatic N) is 4. The van der Waals surface area contributed by atoms with E-state index in [2.05, 4.69) is 11.9 Å². The quantitative estimate of drug-likeness (QED) is 0.346. The van der Waals surface area contributed by atoms with Crippen molar-refractivity contribution in [3.8, 4) is 17.2 Å². The zero-order valence-corrected chi connectivity index (χ0v) is 23.8. The molecule has 5 rings (SSSR count). The molecule has 4 heterocycles. The van der Waals surface area contributed by atoms with Crippen LogP contribution in [0.25, 0.3) is 0 Å². The van der Waals surface area contributed by atoms with Gasteiger partial charge in [0.2, 0.25) is 24.0 Å². The van der Waals surface area contributed by atoms with Crippen LogP contribution in [0.15, 0.2) is 65.8 Å². The van der Waals surface area contributed by atoms with Gasteiger partial charge in [-0.2, -0.15) is 0 Å². The van der Waals surface area contributed by atoms with Crippen molar-refractivity contribution in [1.29, 1.82) is 0 Å². The van der Waals surface area contributed by atoms with Crippen molar-refractivity contribution in [1.82, 2.24) is 14.5 Å². The molecule has 42 heavy (non-hydrogen) atoms. The van der Waals surface area contributed by atoms with Crippen LogP contribution in [0.4, 0.5) is 5.69 Å². The van der Waals surface area contributed by atoms with E-state index in [0.717, 1.165) is 18.4 Å². The van der Waals surface area contributed by atoms with Crippen LogP contribution in [0.5, 0.6) is 17.2 Å². The van der Waals surface area contributed by atoms with E-state index in [9.17, 15) is 19.5 Å². The molecule has 1 amide bonds. The minimum atomic E-state index is -0.966. The normalized spacial score (nSPS) is 19.5. The van der Waals surface area contributed by atoms with Gasteiger partial charge in [0.15, 0.2) is 11.5 Å². The fourth-order valence-electron chi connectivity index (χ4n) is 5.96. The van der Waals surface area contributed by atoms with Crippen molar-refractivity contribution in [3.05, 3.63) is 77.0 Å². The zero-order chi connectivity index (χ0) is 29.6. The number of hydrogen-bond acceptors (Lipinski definition) is 8. The van der Waals surface area contributed by atoms with E-state index in [-0.39, 0.29) is 24.8 Å². The lowest BCUT2D eigenvalue weighted by Gasteiger charge is -2.29. The van der Waals surface area contributed by atoms with Gasteiger partial charge < -0.3 is 28.8 Å². The van der Waals surface area contributed by atoms with E-state index in [4.69, 9.17) is 14.2 Å². The fourth-order valence-corrected chi connectivity index (χ4v) is 5.96. The first kappa shape index (κ1) is 29.1. The van der Waals surface area contributed by atoms with Crippen molar-refractivity contribution < 1.29 is 28.9 Å². The maximum absolute atomic E-state index is 13.9. The summed E-state index contributed by atoms with van der Waals surface area (Å²) in [6, 6.07) is 11.7. The third-order valence-electron chi connectivity index (χ3n) is 8.04. The Hall–Kier alpha value is -4.38.